The molecule has 1 saturated carbocycles. The summed E-state index contributed by atoms with van der Waals surface area (Å²) >= 11 is 0. The van der Waals surface area contributed by atoms with Crippen molar-refractivity contribution in [1.29, 1.82) is 0 Å². The van der Waals surface area contributed by atoms with E-state index in [4.69, 9.17) is 5.11 Å². The van der Waals surface area contributed by atoms with Gasteiger partial charge in [-0.3, -0.25) is 0 Å². The van der Waals surface area contributed by atoms with Gasteiger partial charge in [-0.05, 0) is 45.4 Å². The minimum absolute atomic E-state index is 0.366. The first-order valence-corrected chi connectivity index (χ1v) is 6.16. The van der Waals surface area contributed by atoms with Gasteiger partial charge < -0.3 is 5.11 Å². The molecule has 0 aromatic heterocycles. The maximum Gasteiger partial charge on any atom is 0.330 e. The van der Waals surface area contributed by atoms with Gasteiger partial charge in [-0.2, -0.15) is 0 Å². The zero-order valence-electron chi connectivity index (χ0n) is 10.5. The molecule has 1 unspecified atom stereocenters. The smallest absolute Gasteiger partial charge is 0.330 e. The van der Waals surface area contributed by atoms with Gasteiger partial charge in [0.1, 0.15) is 0 Å². The van der Waals surface area contributed by atoms with Gasteiger partial charge in [-0.25, -0.2) is 4.79 Å². The average Bonchev–Trinajstić information content (AvgIpc) is 2.28. The van der Waals surface area contributed by atoms with E-state index in [9.17, 15) is 4.79 Å². The Morgan fingerprint density at radius 1 is 1.44 bits per heavy atom. The molecule has 0 bridgehead atoms. The van der Waals surface area contributed by atoms with Gasteiger partial charge in [-0.1, -0.05) is 30.6 Å². The fourth-order valence-corrected chi connectivity index (χ4v) is 2.35. The summed E-state index contributed by atoms with van der Waals surface area (Å²) in [6.07, 6.45) is 7.74. The Kier molecular flexibility index (Phi) is 4.78. The van der Waals surface area contributed by atoms with Crippen LogP contribution in [-0.2, 0) is 4.79 Å². The molecule has 1 atom stereocenters. The zero-order valence-corrected chi connectivity index (χ0v) is 10.5. The maximum absolute atomic E-state index is 10.8. The second-order valence-electron chi connectivity index (χ2n) is 4.67. The lowest BCUT2D eigenvalue weighted by atomic mass is 9.80. The van der Waals surface area contributed by atoms with Crippen LogP contribution in [-0.4, -0.2) is 11.1 Å². The Bertz CT molecular complexity index is 324. The molecule has 1 aliphatic rings. The van der Waals surface area contributed by atoms with Crippen molar-refractivity contribution < 1.29 is 9.90 Å². The molecular weight excluding hydrogens is 200 g/mol. The number of rotatable bonds is 3. The van der Waals surface area contributed by atoms with Crippen LogP contribution < -0.4 is 0 Å². The van der Waals surface area contributed by atoms with Gasteiger partial charge in [0, 0.05) is 5.57 Å². The Balaban J connectivity index is 2.92. The molecule has 0 spiro atoms. The van der Waals surface area contributed by atoms with Crippen LogP contribution >= 0.6 is 0 Å². The van der Waals surface area contributed by atoms with Gasteiger partial charge in [0.25, 0.3) is 0 Å². The maximum atomic E-state index is 10.8. The predicted molar refractivity (Wildman–Crippen MR) is 66.3 cm³/mol. The average molecular weight is 222 g/mol. The third kappa shape index (κ3) is 3.22. The van der Waals surface area contributed by atoms with E-state index in [0.717, 1.165) is 19.3 Å². The highest BCUT2D eigenvalue weighted by Crippen LogP contribution is 2.34. The van der Waals surface area contributed by atoms with Gasteiger partial charge >= 0.3 is 5.97 Å². The molecule has 0 saturated heterocycles. The van der Waals surface area contributed by atoms with E-state index < -0.39 is 5.97 Å². The van der Waals surface area contributed by atoms with Crippen molar-refractivity contribution in [3.05, 3.63) is 22.8 Å². The predicted octanol–water partition coefficient (Wildman–Crippen LogP) is 3.93. The number of hydrogen-bond donors (Lipinski definition) is 1. The summed E-state index contributed by atoms with van der Waals surface area (Å²) < 4.78 is 0. The lowest BCUT2D eigenvalue weighted by molar-refractivity contribution is -0.132. The molecular formula is C14H22O2. The van der Waals surface area contributed by atoms with Crippen LogP contribution in [0.1, 0.15) is 52.9 Å². The topological polar surface area (TPSA) is 37.3 Å². The molecule has 2 heteroatoms. The van der Waals surface area contributed by atoms with Crippen LogP contribution in [0.5, 0.6) is 0 Å². The number of aliphatic carboxylic acids is 1. The fraction of sp³-hybridized carbons (Fsp3) is 0.643. The number of allylic oxidation sites excluding steroid dienone is 3. The first kappa shape index (κ1) is 13.0. The van der Waals surface area contributed by atoms with E-state index in [-0.39, 0.29) is 0 Å². The fourth-order valence-electron chi connectivity index (χ4n) is 2.35. The standard InChI is InChI=1S/C14H22O2/c1-4-10(2)13-8-6-5-7-12(13)9-11(3)14(15)16/h9,12H,4-8H2,1-3H3,(H,15,16). The molecule has 0 amide bonds. The van der Waals surface area contributed by atoms with E-state index >= 15 is 0 Å². The SMILES string of the molecule is CCC(C)=C1CCCCC1C=C(C)C(=O)O. The molecule has 1 aliphatic carbocycles. The minimum Gasteiger partial charge on any atom is -0.478 e. The molecule has 0 aromatic rings. The highest BCUT2D eigenvalue weighted by atomic mass is 16.4. The molecule has 0 aromatic carbocycles. The Morgan fingerprint density at radius 2 is 2.12 bits per heavy atom. The summed E-state index contributed by atoms with van der Waals surface area (Å²) in [4.78, 5) is 10.8. The van der Waals surface area contributed by atoms with Gasteiger partial charge in [-0.15, -0.1) is 0 Å². The molecule has 0 radical (unpaired) electrons. The van der Waals surface area contributed by atoms with Crippen molar-refractivity contribution in [2.45, 2.75) is 52.9 Å². The van der Waals surface area contributed by atoms with Crippen molar-refractivity contribution in [2.24, 2.45) is 5.92 Å². The lowest BCUT2D eigenvalue weighted by Crippen LogP contribution is -2.11. The first-order chi connectivity index (χ1) is 7.56. The van der Waals surface area contributed by atoms with Crippen LogP contribution in [0.4, 0.5) is 0 Å². The van der Waals surface area contributed by atoms with E-state index in [1.54, 1.807) is 6.92 Å². The Labute approximate surface area is 98.1 Å². The van der Waals surface area contributed by atoms with E-state index in [1.165, 1.54) is 24.0 Å². The summed E-state index contributed by atoms with van der Waals surface area (Å²) in [6.45, 7) is 6.04. The summed E-state index contributed by atoms with van der Waals surface area (Å²) in [5, 5.41) is 8.91. The van der Waals surface area contributed by atoms with Crippen LogP contribution in [0, 0.1) is 5.92 Å². The van der Waals surface area contributed by atoms with Gasteiger partial charge in [0.15, 0.2) is 0 Å². The highest BCUT2D eigenvalue weighted by molar-refractivity contribution is 5.85. The molecule has 1 rings (SSSR count). The summed E-state index contributed by atoms with van der Waals surface area (Å²) in [6, 6.07) is 0. The summed E-state index contributed by atoms with van der Waals surface area (Å²) in [7, 11) is 0. The van der Waals surface area contributed by atoms with Gasteiger partial charge in [0.05, 0.1) is 0 Å². The molecule has 1 N–H and O–H groups in total. The van der Waals surface area contributed by atoms with Crippen LogP contribution in [0.15, 0.2) is 22.8 Å². The van der Waals surface area contributed by atoms with Crippen molar-refractivity contribution in [3.8, 4) is 0 Å². The Morgan fingerprint density at radius 3 is 2.69 bits per heavy atom. The normalized spacial score (nSPS) is 25.4. The zero-order chi connectivity index (χ0) is 12.1. The molecule has 1 fully saturated rings. The number of carbonyl (C=O) groups is 1. The summed E-state index contributed by atoms with van der Waals surface area (Å²) in [5.41, 5.74) is 3.40. The first-order valence-electron chi connectivity index (χ1n) is 6.16. The van der Waals surface area contributed by atoms with Crippen molar-refractivity contribution in [1.82, 2.24) is 0 Å². The van der Waals surface area contributed by atoms with E-state index in [2.05, 4.69) is 13.8 Å². The van der Waals surface area contributed by atoms with Crippen LogP contribution in [0.2, 0.25) is 0 Å². The second-order valence-corrected chi connectivity index (χ2v) is 4.67. The number of carboxylic acids is 1. The van der Waals surface area contributed by atoms with Crippen molar-refractivity contribution in [2.75, 3.05) is 0 Å². The van der Waals surface area contributed by atoms with Crippen LogP contribution in [0.3, 0.4) is 0 Å². The van der Waals surface area contributed by atoms with E-state index in [1.807, 2.05) is 6.08 Å². The third-order valence-corrected chi connectivity index (χ3v) is 3.53. The van der Waals surface area contributed by atoms with Gasteiger partial charge in [0.2, 0.25) is 0 Å². The minimum atomic E-state index is -0.793. The lowest BCUT2D eigenvalue weighted by Gasteiger charge is -2.25. The second kappa shape index (κ2) is 5.88. The Hall–Kier alpha value is -1.05. The number of carboxylic acid groups (broad SMARTS) is 1. The van der Waals surface area contributed by atoms with Crippen LogP contribution in [0.25, 0.3) is 0 Å². The third-order valence-electron chi connectivity index (χ3n) is 3.53. The largest absolute Gasteiger partial charge is 0.478 e. The highest BCUT2D eigenvalue weighted by Gasteiger charge is 2.19. The number of hydrogen-bond acceptors (Lipinski definition) is 1. The molecule has 0 heterocycles. The summed E-state index contributed by atoms with van der Waals surface area (Å²) in [5.74, 6) is -0.427. The molecule has 90 valence electrons. The monoisotopic (exact) mass is 222 g/mol. The van der Waals surface area contributed by atoms with Crippen molar-refractivity contribution in [3.63, 3.8) is 0 Å². The quantitative estimate of drug-likeness (QED) is 0.580. The molecule has 16 heavy (non-hydrogen) atoms. The van der Waals surface area contributed by atoms with Crippen molar-refractivity contribution >= 4 is 5.97 Å². The molecule has 0 aliphatic heterocycles. The molecule has 2 nitrogen and oxygen atoms in total. The van der Waals surface area contributed by atoms with E-state index in [0.29, 0.717) is 11.5 Å².